The lowest BCUT2D eigenvalue weighted by Gasteiger charge is -2.28. The third-order valence-electron chi connectivity index (χ3n) is 5.12. The molecule has 2 aliphatic heterocycles. The number of nitrogens with one attached hydrogen (secondary N) is 2. The summed E-state index contributed by atoms with van der Waals surface area (Å²) >= 11 is 0. The molecule has 8 nitrogen and oxygen atoms in total. The summed E-state index contributed by atoms with van der Waals surface area (Å²) in [5.74, 6) is -0.404. The number of sulfone groups is 1. The van der Waals surface area contributed by atoms with Gasteiger partial charge in [-0.3, -0.25) is 9.69 Å². The van der Waals surface area contributed by atoms with Crippen molar-refractivity contribution in [1.29, 1.82) is 0 Å². The van der Waals surface area contributed by atoms with Gasteiger partial charge in [0.2, 0.25) is 10.0 Å². The van der Waals surface area contributed by atoms with Crippen LogP contribution in [0.15, 0.2) is 29.2 Å². The van der Waals surface area contributed by atoms with E-state index in [9.17, 15) is 21.6 Å². The molecule has 0 saturated carbocycles. The molecule has 162 valence electrons. The minimum Gasteiger partial charge on any atom is -0.347 e. The maximum absolute atomic E-state index is 12.7. The van der Waals surface area contributed by atoms with Crippen molar-refractivity contribution in [3.8, 4) is 0 Å². The predicted molar refractivity (Wildman–Crippen MR) is 111 cm³/mol. The van der Waals surface area contributed by atoms with Crippen LogP contribution in [0.1, 0.15) is 44.0 Å². The van der Waals surface area contributed by atoms with Crippen LogP contribution in [0.5, 0.6) is 0 Å². The molecular weight excluding hydrogens is 414 g/mol. The topological polar surface area (TPSA) is 113 Å². The average Bonchev–Trinajstić information content (AvgIpc) is 3.20. The van der Waals surface area contributed by atoms with Crippen LogP contribution in [0, 0.1) is 0 Å². The molecule has 2 aliphatic rings. The Balaban J connectivity index is 1.72. The van der Waals surface area contributed by atoms with Crippen LogP contribution in [0.25, 0.3) is 0 Å². The standard InChI is InChI=1S/C19H29N3O5S2/c1-19(2,3)21-29(26,27)15-8-6-14(7-9-15)18(23)20-16-12-28(24,25)13-17(16)22-10-4-5-11-22/h6-9,16-17,21H,4-5,10-13H2,1-3H3,(H,20,23). The Morgan fingerprint density at radius 3 is 2.21 bits per heavy atom. The van der Waals surface area contributed by atoms with Crippen molar-refractivity contribution in [3.05, 3.63) is 29.8 Å². The van der Waals surface area contributed by atoms with E-state index < -0.39 is 37.3 Å². The lowest BCUT2D eigenvalue weighted by Crippen LogP contribution is -2.50. The first-order valence-electron chi connectivity index (χ1n) is 9.76. The fourth-order valence-electron chi connectivity index (χ4n) is 3.90. The van der Waals surface area contributed by atoms with Crippen LogP contribution < -0.4 is 10.0 Å². The number of amides is 1. The van der Waals surface area contributed by atoms with Crippen molar-refractivity contribution in [1.82, 2.24) is 14.9 Å². The van der Waals surface area contributed by atoms with Crippen molar-refractivity contribution in [2.45, 2.75) is 56.1 Å². The highest BCUT2D eigenvalue weighted by Crippen LogP contribution is 2.23. The molecule has 2 fully saturated rings. The van der Waals surface area contributed by atoms with E-state index in [1.54, 1.807) is 20.8 Å². The lowest BCUT2D eigenvalue weighted by molar-refractivity contribution is 0.0918. The fourth-order valence-corrected chi connectivity index (χ4v) is 7.27. The Kier molecular flexibility index (Phi) is 6.11. The van der Waals surface area contributed by atoms with E-state index in [1.165, 1.54) is 24.3 Å². The van der Waals surface area contributed by atoms with Crippen LogP contribution in [-0.2, 0) is 19.9 Å². The molecule has 2 atom stereocenters. The molecule has 2 unspecified atom stereocenters. The van der Waals surface area contributed by atoms with Gasteiger partial charge in [0, 0.05) is 17.1 Å². The van der Waals surface area contributed by atoms with Crippen LogP contribution in [0.3, 0.4) is 0 Å². The maximum Gasteiger partial charge on any atom is 0.251 e. The molecule has 0 aromatic heterocycles. The predicted octanol–water partition coefficient (Wildman–Crippen LogP) is 0.755. The Labute approximate surface area is 173 Å². The van der Waals surface area contributed by atoms with Gasteiger partial charge in [0.15, 0.2) is 9.84 Å². The van der Waals surface area contributed by atoms with Gasteiger partial charge < -0.3 is 5.32 Å². The molecule has 0 radical (unpaired) electrons. The molecule has 2 saturated heterocycles. The molecule has 0 bridgehead atoms. The minimum absolute atomic E-state index is 0.0631. The highest BCUT2D eigenvalue weighted by atomic mass is 32.2. The SMILES string of the molecule is CC(C)(C)NS(=O)(=O)c1ccc(C(=O)NC2CS(=O)(=O)CC2N2CCCC2)cc1. The van der Waals surface area contributed by atoms with Crippen molar-refractivity contribution >= 4 is 25.8 Å². The van der Waals surface area contributed by atoms with E-state index >= 15 is 0 Å². The number of nitrogens with zero attached hydrogens (tertiary/aromatic N) is 1. The normalized spacial score (nSPS) is 25.2. The Morgan fingerprint density at radius 2 is 1.66 bits per heavy atom. The molecular formula is C19H29N3O5S2. The second-order valence-electron chi connectivity index (χ2n) is 8.85. The van der Waals surface area contributed by atoms with Gasteiger partial charge in [0.25, 0.3) is 5.91 Å². The van der Waals surface area contributed by atoms with Crippen LogP contribution in [-0.4, -0.2) is 69.9 Å². The number of carbonyl (C=O) groups excluding carboxylic acids is 1. The van der Waals surface area contributed by atoms with Gasteiger partial charge >= 0.3 is 0 Å². The zero-order chi connectivity index (χ0) is 21.4. The van der Waals surface area contributed by atoms with E-state index in [2.05, 4.69) is 14.9 Å². The van der Waals surface area contributed by atoms with E-state index in [4.69, 9.17) is 0 Å². The molecule has 10 heteroatoms. The van der Waals surface area contributed by atoms with Gasteiger partial charge in [-0.1, -0.05) is 0 Å². The third kappa shape index (κ3) is 5.56. The van der Waals surface area contributed by atoms with E-state index in [0.717, 1.165) is 25.9 Å². The largest absolute Gasteiger partial charge is 0.347 e. The molecule has 0 aliphatic carbocycles. The van der Waals surface area contributed by atoms with Gasteiger partial charge in [-0.2, -0.15) is 0 Å². The third-order valence-corrected chi connectivity index (χ3v) is 8.61. The van der Waals surface area contributed by atoms with Crippen LogP contribution in [0.4, 0.5) is 0 Å². The number of likely N-dealkylation sites (tertiary alicyclic amines) is 1. The molecule has 2 N–H and O–H groups in total. The summed E-state index contributed by atoms with van der Waals surface area (Å²) in [5, 5.41) is 2.85. The number of rotatable bonds is 5. The first-order valence-corrected chi connectivity index (χ1v) is 13.1. The number of hydrogen-bond acceptors (Lipinski definition) is 6. The van der Waals surface area contributed by atoms with Crippen molar-refractivity contribution in [2.24, 2.45) is 0 Å². The number of carbonyl (C=O) groups is 1. The Hall–Kier alpha value is -1.49. The van der Waals surface area contributed by atoms with Gasteiger partial charge in [0.1, 0.15) is 0 Å². The van der Waals surface area contributed by atoms with Gasteiger partial charge in [-0.15, -0.1) is 0 Å². The summed E-state index contributed by atoms with van der Waals surface area (Å²) in [7, 11) is -6.88. The van der Waals surface area contributed by atoms with Crippen LogP contribution >= 0.6 is 0 Å². The van der Waals surface area contributed by atoms with Crippen LogP contribution in [0.2, 0.25) is 0 Å². The maximum atomic E-state index is 12.7. The van der Waals surface area contributed by atoms with Gasteiger partial charge in [-0.05, 0) is 71.0 Å². The van der Waals surface area contributed by atoms with Gasteiger partial charge in [0.05, 0.1) is 22.4 Å². The number of hydrogen-bond donors (Lipinski definition) is 2. The molecule has 29 heavy (non-hydrogen) atoms. The summed E-state index contributed by atoms with van der Waals surface area (Å²) in [5.41, 5.74) is -0.322. The summed E-state index contributed by atoms with van der Waals surface area (Å²) in [6.07, 6.45) is 2.07. The summed E-state index contributed by atoms with van der Waals surface area (Å²) in [4.78, 5) is 14.9. The minimum atomic E-state index is -3.69. The highest BCUT2D eigenvalue weighted by molar-refractivity contribution is 7.91. The second-order valence-corrected chi connectivity index (χ2v) is 12.7. The van der Waals surface area contributed by atoms with Crippen molar-refractivity contribution in [2.75, 3.05) is 24.6 Å². The van der Waals surface area contributed by atoms with Crippen molar-refractivity contribution in [3.63, 3.8) is 0 Å². The molecule has 0 spiro atoms. The lowest BCUT2D eigenvalue weighted by atomic mass is 10.1. The Bertz CT molecular complexity index is 960. The van der Waals surface area contributed by atoms with E-state index in [-0.39, 0.29) is 22.4 Å². The van der Waals surface area contributed by atoms with E-state index in [0.29, 0.717) is 5.56 Å². The summed E-state index contributed by atoms with van der Waals surface area (Å²) in [6, 6.07) is 4.99. The monoisotopic (exact) mass is 443 g/mol. The first kappa shape index (κ1) is 22.2. The molecule has 1 amide bonds. The summed E-state index contributed by atoms with van der Waals surface area (Å²) < 4.78 is 51.6. The van der Waals surface area contributed by atoms with Gasteiger partial charge in [-0.25, -0.2) is 21.6 Å². The average molecular weight is 444 g/mol. The number of sulfonamides is 1. The molecule has 1 aromatic carbocycles. The highest BCUT2D eigenvalue weighted by Gasteiger charge is 2.42. The smallest absolute Gasteiger partial charge is 0.251 e. The number of benzene rings is 1. The Morgan fingerprint density at radius 1 is 1.07 bits per heavy atom. The molecule has 1 aromatic rings. The fraction of sp³-hybridized carbons (Fsp3) is 0.632. The summed E-state index contributed by atoms with van der Waals surface area (Å²) in [6.45, 7) is 6.94. The zero-order valence-electron chi connectivity index (χ0n) is 17.0. The van der Waals surface area contributed by atoms with Crippen molar-refractivity contribution < 1.29 is 21.6 Å². The molecule has 2 heterocycles. The molecule has 3 rings (SSSR count). The van der Waals surface area contributed by atoms with E-state index in [1.807, 2.05) is 0 Å². The quantitative estimate of drug-likeness (QED) is 0.695. The zero-order valence-corrected chi connectivity index (χ0v) is 18.6. The second kappa shape index (κ2) is 7.98. The first-order chi connectivity index (χ1) is 13.4.